The molecule has 1 fully saturated rings. The average molecular weight is 359 g/mol. The van der Waals surface area contributed by atoms with E-state index in [2.05, 4.69) is 22.4 Å². The van der Waals surface area contributed by atoms with Gasteiger partial charge in [0.25, 0.3) is 0 Å². The second-order valence-corrected chi connectivity index (χ2v) is 7.66. The number of aromatic nitrogens is 3. The number of nitrogen functional groups attached to an aromatic ring is 1. The van der Waals surface area contributed by atoms with Gasteiger partial charge in [0, 0.05) is 11.6 Å². The minimum absolute atomic E-state index is 0.0317. The van der Waals surface area contributed by atoms with Gasteiger partial charge in [0.15, 0.2) is 5.82 Å². The summed E-state index contributed by atoms with van der Waals surface area (Å²) in [5, 5.41) is 12.0. The van der Waals surface area contributed by atoms with E-state index < -0.39 is 0 Å². The number of thioether (sulfide) groups is 1. The molecule has 1 amide bonds. The van der Waals surface area contributed by atoms with Crippen molar-refractivity contribution in [1.29, 1.82) is 0 Å². The first-order chi connectivity index (χ1) is 12.1. The van der Waals surface area contributed by atoms with Gasteiger partial charge in [0.1, 0.15) is 0 Å². The first-order valence-electron chi connectivity index (χ1n) is 8.75. The van der Waals surface area contributed by atoms with Crippen molar-refractivity contribution in [2.24, 2.45) is 5.92 Å². The topological polar surface area (TPSA) is 85.8 Å². The molecular formula is C18H25N5OS. The largest absolute Gasteiger partial charge is 0.352 e. The van der Waals surface area contributed by atoms with Crippen LogP contribution in [0.15, 0.2) is 29.4 Å². The van der Waals surface area contributed by atoms with E-state index in [1.165, 1.54) is 35.7 Å². The molecule has 0 bridgehead atoms. The summed E-state index contributed by atoms with van der Waals surface area (Å²) in [6.45, 7) is 4.22. The summed E-state index contributed by atoms with van der Waals surface area (Å²) in [7, 11) is 0. The maximum Gasteiger partial charge on any atom is 0.230 e. The number of amides is 1. The van der Waals surface area contributed by atoms with Crippen LogP contribution in [0.4, 0.5) is 0 Å². The lowest BCUT2D eigenvalue weighted by Gasteiger charge is -2.29. The van der Waals surface area contributed by atoms with Crippen molar-refractivity contribution in [1.82, 2.24) is 20.2 Å². The Labute approximate surface area is 152 Å². The molecule has 2 atom stereocenters. The summed E-state index contributed by atoms with van der Waals surface area (Å²) in [6, 6.07) is 8.19. The summed E-state index contributed by atoms with van der Waals surface area (Å²) in [5.74, 6) is 7.63. The molecule has 0 aliphatic heterocycles. The van der Waals surface area contributed by atoms with Crippen LogP contribution in [-0.4, -0.2) is 32.6 Å². The highest BCUT2D eigenvalue weighted by Gasteiger charge is 2.23. The maximum absolute atomic E-state index is 12.2. The molecule has 3 N–H and O–H groups in total. The molecule has 0 unspecified atom stereocenters. The third kappa shape index (κ3) is 4.15. The number of nitrogens with zero attached hydrogens (tertiary/aromatic N) is 3. The highest BCUT2D eigenvalue weighted by atomic mass is 32.2. The number of carbonyl (C=O) groups is 1. The molecule has 6 nitrogen and oxygen atoms in total. The zero-order valence-corrected chi connectivity index (χ0v) is 15.6. The molecule has 7 heteroatoms. The molecule has 0 radical (unpaired) electrons. The monoisotopic (exact) mass is 359 g/mol. The molecular weight excluding hydrogens is 334 g/mol. The van der Waals surface area contributed by atoms with E-state index >= 15 is 0 Å². The highest BCUT2D eigenvalue weighted by Crippen LogP contribution is 2.25. The van der Waals surface area contributed by atoms with Crippen LogP contribution in [0.2, 0.25) is 0 Å². The lowest BCUT2D eigenvalue weighted by atomic mass is 9.86. The number of nitrogens with one attached hydrogen (secondary N) is 1. The number of hydrogen-bond donors (Lipinski definition) is 2. The van der Waals surface area contributed by atoms with Crippen LogP contribution in [0, 0.1) is 12.8 Å². The van der Waals surface area contributed by atoms with Gasteiger partial charge in [-0.05, 0) is 31.2 Å². The molecule has 1 aliphatic rings. The van der Waals surface area contributed by atoms with E-state index in [0.29, 0.717) is 28.7 Å². The Kier molecular flexibility index (Phi) is 5.63. The number of nitrogens with two attached hydrogens (primary N) is 1. The fourth-order valence-corrected chi connectivity index (χ4v) is 3.96. The van der Waals surface area contributed by atoms with E-state index in [0.717, 1.165) is 17.5 Å². The number of carbonyl (C=O) groups excluding carboxylic acids is 1. The first-order valence-corrected chi connectivity index (χ1v) is 9.73. The third-order valence-corrected chi connectivity index (χ3v) is 5.78. The number of rotatable bonds is 5. The molecule has 1 heterocycles. The number of hydrogen-bond acceptors (Lipinski definition) is 5. The van der Waals surface area contributed by atoms with Crippen LogP contribution in [0.3, 0.4) is 0 Å². The molecule has 1 aromatic carbocycles. The molecule has 134 valence electrons. The molecule has 25 heavy (non-hydrogen) atoms. The maximum atomic E-state index is 12.2. The molecule has 0 saturated heterocycles. The van der Waals surface area contributed by atoms with Crippen LogP contribution in [0.1, 0.15) is 38.2 Å². The van der Waals surface area contributed by atoms with Crippen LogP contribution in [0.5, 0.6) is 0 Å². The first kappa shape index (κ1) is 17.8. The molecule has 1 aromatic heterocycles. The minimum atomic E-state index is 0.0317. The Balaban J connectivity index is 1.60. The van der Waals surface area contributed by atoms with Crippen molar-refractivity contribution in [3.63, 3.8) is 0 Å². The Morgan fingerprint density at radius 2 is 2.08 bits per heavy atom. The number of benzene rings is 1. The quantitative estimate of drug-likeness (QED) is 0.633. The summed E-state index contributed by atoms with van der Waals surface area (Å²) in [5.41, 5.74) is 2.03. The van der Waals surface area contributed by atoms with Gasteiger partial charge >= 0.3 is 0 Å². The Morgan fingerprint density at radius 3 is 2.84 bits per heavy atom. The smallest absolute Gasteiger partial charge is 0.230 e. The van der Waals surface area contributed by atoms with Gasteiger partial charge in [-0.2, -0.15) is 0 Å². The van der Waals surface area contributed by atoms with Crippen LogP contribution in [0.25, 0.3) is 11.4 Å². The molecule has 0 spiro atoms. The predicted octanol–water partition coefficient (Wildman–Crippen LogP) is 2.75. The van der Waals surface area contributed by atoms with Gasteiger partial charge in [0.2, 0.25) is 11.1 Å². The molecule has 1 aliphatic carbocycles. The lowest BCUT2D eigenvalue weighted by Crippen LogP contribution is -2.41. The zero-order valence-electron chi connectivity index (χ0n) is 14.7. The Bertz CT molecular complexity index is 745. The standard InChI is InChI=1S/C18H25N5OS/c1-12-7-3-5-9-14(12)17-21-22-18(23(17)19)25-11-16(24)20-15-10-6-4-8-13(15)2/h3,5,7,9,13,15H,4,6,8,10-11,19H2,1-2H3,(H,20,24)/t13-,15+/m1/s1. The van der Waals surface area contributed by atoms with Crippen molar-refractivity contribution in [2.75, 3.05) is 11.6 Å². The van der Waals surface area contributed by atoms with Crippen LogP contribution in [-0.2, 0) is 4.79 Å². The van der Waals surface area contributed by atoms with Gasteiger partial charge in [-0.3, -0.25) is 4.79 Å². The average Bonchev–Trinajstić information content (AvgIpc) is 2.96. The van der Waals surface area contributed by atoms with Crippen LogP contribution < -0.4 is 11.2 Å². The van der Waals surface area contributed by atoms with E-state index in [9.17, 15) is 4.79 Å². The second kappa shape index (κ2) is 7.91. The van der Waals surface area contributed by atoms with Crippen molar-refractivity contribution < 1.29 is 4.79 Å². The summed E-state index contributed by atoms with van der Waals surface area (Å²) in [4.78, 5) is 12.2. The van der Waals surface area contributed by atoms with Gasteiger partial charge in [-0.15, -0.1) is 10.2 Å². The minimum Gasteiger partial charge on any atom is -0.352 e. The van der Waals surface area contributed by atoms with E-state index in [1.807, 2.05) is 31.2 Å². The molecule has 2 aromatic rings. The van der Waals surface area contributed by atoms with Crippen molar-refractivity contribution in [3.05, 3.63) is 29.8 Å². The molecule has 1 saturated carbocycles. The summed E-state index contributed by atoms with van der Waals surface area (Å²) >= 11 is 1.32. The van der Waals surface area contributed by atoms with Crippen molar-refractivity contribution in [3.8, 4) is 11.4 Å². The normalized spacial score (nSPS) is 20.4. The predicted molar refractivity (Wildman–Crippen MR) is 101 cm³/mol. The fraction of sp³-hybridized carbons (Fsp3) is 0.500. The van der Waals surface area contributed by atoms with Gasteiger partial charge < -0.3 is 11.2 Å². The second-order valence-electron chi connectivity index (χ2n) is 6.72. The zero-order chi connectivity index (χ0) is 17.8. The van der Waals surface area contributed by atoms with Crippen LogP contribution >= 0.6 is 11.8 Å². The summed E-state index contributed by atoms with van der Waals surface area (Å²) in [6.07, 6.45) is 4.72. The SMILES string of the molecule is Cc1ccccc1-c1nnc(SCC(=O)N[C@H]2CCCC[C@H]2C)n1N. The lowest BCUT2D eigenvalue weighted by molar-refractivity contribution is -0.119. The van der Waals surface area contributed by atoms with E-state index in [1.54, 1.807) is 0 Å². The van der Waals surface area contributed by atoms with Gasteiger partial charge in [-0.1, -0.05) is 55.8 Å². The van der Waals surface area contributed by atoms with Gasteiger partial charge in [-0.25, -0.2) is 4.68 Å². The van der Waals surface area contributed by atoms with E-state index in [4.69, 9.17) is 5.84 Å². The summed E-state index contributed by atoms with van der Waals surface area (Å²) < 4.78 is 1.46. The van der Waals surface area contributed by atoms with Gasteiger partial charge in [0.05, 0.1) is 5.75 Å². The Hall–Kier alpha value is -2.02. The molecule has 3 rings (SSSR count). The fourth-order valence-electron chi connectivity index (χ4n) is 3.29. The third-order valence-electron chi connectivity index (χ3n) is 4.84. The van der Waals surface area contributed by atoms with E-state index in [-0.39, 0.29) is 5.91 Å². The van der Waals surface area contributed by atoms with Crippen molar-refractivity contribution in [2.45, 2.75) is 50.7 Å². The number of aryl methyl sites for hydroxylation is 1. The Morgan fingerprint density at radius 1 is 1.32 bits per heavy atom. The van der Waals surface area contributed by atoms with Crippen molar-refractivity contribution >= 4 is 17.7 Å². The highest BCUT2D eigenvalue weighted by molar-refractivity contribution is 7.99.